The van der Waals surface area contributed by atoms with Crippen LogP contribution in [0.3, 0.4) is 0 Å². The van der Waals surface area contributed by atoms with E-state index in [1.54, 1.807) is 11.4 Å². The topological polar surface area (TPSA) is 109 Å². The molecule has 216 valence electrons. The number of fused-ring (bicyclic) bond motifs is 3. The molecule has 4 heterocycles. The third-order valence-corrected chi connectivity index (χ3v) is 9.78. The molecule has 5 rings (SSSR count). The van der Waals surface area contributed by atoms with E-state index in [2.05, 4.69) is 34.1 Å². The van der Waals surface area contributed by atoms with Gasteiger partial charge in [0.2, 0.25) is 10.0 Å². The summed E-state index contributed by atoms with van der Waals surface area (Å²) in [6, 6.07) is 8.82. The van der Waals surface area contributed by atoms with Crippen molar-refractivity contribution in [3.63, 3.8) is 0 Å². The summed E-state index contributed by atoms with van der Waals surface area (Å²) in [5.74, 6) is 0.345. The molecule has 39 heavy (non-hydrogen) atoms. The van der Waals surface area contributed by atoms with Crippen molar-refractivity contribution in [1.82, 2.24) is 29.2 Å². The number of hydrogen-bond acceptors (Lipinski definition) is 8. The van der Waals surface area contributed by atoms with Crippen molar-refractivity contribution in [1.29, 1.82) is 0 Å². The smallest absolute Gasteiger partial charge is 0.389 e. The molecule has 1 aromatic carbocycles. The second kappa shape index (κ2) is 11.7. The molecule has 2 unspecified atom stereocenters. The highest BCUT2D eigenvalue weighted by atomic mass is 32.2. The predicted octanol–water partition coefficient (Wildman–Crippen LogP) is 2.29. The molecule has 12 heteroatoms. The van der Waals surface area contributed by atoms with Gasteiger partial charge in [-0.3, -0.25) is 14.5 Å². The zero-order valence-electron chi connectivity index (χ0n) is 23.5. The first-order chi connectivity index (χ1) is 18.6. The first-order valence-electron chi connectivity index (χ1n) is 14.0. The minimum Gasteiger partial charge on any atom is -0.389 e. The second-order valence-corrected chi connectivity index (χ2v) is 13.4. The van der Waals surface area contributed by atoms with Gasteiger partial charge in [-0.2, -0.15) is 4.31 Å². The summed E-state index contributed by atoms with van der Waals surface area (Å²) < 4.78 is 38.6. The minimum absolute atomic E-state index is 0.0525. The number of amides is 1. The maximum absolute atomic E-state index is 12.9. The van der Waals surface area contributed by atoms with Gasteiger partial charge in [0.05, 0.1) is 23.3 Å². The number of rotatable bonds is 9. The molecule has 3 fully saturated rings. The standard InChI is InChI=1S/C27H42N6O5S/c1-19(2)33-25-8-6-5-7-24(25)26(29-33)38-27(34)28-20-15-21-9-10-22(16-20)32(21)18-23(37-3)17-30-11-13-31(14-12-30)39(4,35)36/h5-8,19-23H,9-18H2,1-4H3,(H,28,34)/t20?,21-,22+,23?. The van der Waals surface area contributed by atoms with Crippen LogP contribution in [0.4, 0.5) is 4.79 Å². The van der Waals surface area contributed by atoms with E-state index in [-0.39, 0.29) is 18.2 Å². The first-order valence-corrected chi connectivity index (χ1v) is 15.9. The van der Waals surface area contributed by atoms with Crippen molar-refractivity contribution in [3.8, 4) is 5.88 Å². The zero-order chi connectivity index (χ0) is 27.7. The number of nitrogens with one attached hydrogen (secondary N) is 1. The van der Waals surface area contributed by atoms with Gasteiger partial charge in [-0.25, -0.2) is 13.2 Å². The van der Waals surface area contributed by atoms with E-state index >= 15 is 0 Å². The van der Waals surface area contributed by atoms with Crippen LogP contribution in [0.15, 0.2) is 24.3 Å². The van der Waals surface area contributed by atoms with Crippen LogP contribution in [0.2, 0.25) is 0 Å². The Balaban J connectivity index is 1.13. The zero-order valence-corrected chi connectivity index (χ0v) is 24.3. The van der Waals surface area contributed by atoms with Gasteiger partial charge in [-0.1, -0.05) is 12.1 Å². The Hall–Kier alpha value is -2.25. The first kappa shape index (κ1) is 28.3. The maximum atomic E-state index is 12.9. The average Bonchev–Trinajstić information content (AvgIpc) is 3.36. The molecule has 3 aliphatic rings. The summed E-state index contributed by atoms with van der Waals surface area (Å²) in [6.07, 6.45) is 4.88. The highest BCUT2D eigenvalue weighted by Gasteiger charge is 2.42. The van der Waals surface area contributed by atoms with Crippen molar-refractivity contribution >= 4 is 27.0 Å². The van der Waals surface area contributed by atoms with E-state index in [0.717, 1.165) is 62.8 Å². The number of hydrogen-bond donors (Lipinski definition) is 1. The van der Waals surface area contributed by atoms with Crippen LogP contribution in [0.1, 0.15) is 45.6 Å². The Bertz CT molecular complexity index is 1240. The minimum atomic E-state index is -3.13. The summed E-state index contributed by atoms with van der Waals surface area (Å²) in [4.78, 5) is 17.7. The molecule has 2 bridgehead atoms. The van der Waals surface area contributed by atoms with Crippen molar-refractivity contribution in [2.75, 3.05) is 52.6 Å². The molecule has 1 N–H and O–H groups in total. The molecule has 3 aliphatic heterocycles. The van der Waals surface area contributed by atoms with E-state index in [1.165, 1.54) is 6.26 Å². The van der Waals surface area contributed by atoms with Gasteiger partial charge >= 0.3 is 6.09 Å². The Morgan fingerprint density at radius 3 is 2.36 bits per heavy atom. The van der Waals surface area contributed by atoms with Gasteiger partial charge in [0, 0.05) is 70.5 Å². The third-order valence-electron chi connectivity index (χ3n) is 8.47. The number of methoxy groups -OCH3 is 1. The van der Waals surface area contributed by atoms with Gasteiger partial charge in [-0.05, 0) is 51.7 Å². The quantitative estimate of drug-likeness (QED) is 0.496. The number of carbonyl (C=O) groups is 1. The number of piperazine rings is 1. The van der Waals surface area contributed by atoms with Crippen molar-refractivity contribution < 1.29 is 22.7 Å². The van der Waals surface area contributed by atoms with E-state index in [0.29, 0.717) is 31.1 Å². The summed E-state index contributed by atoms with van der Waals surface area (Å²) in [6.45, 7) is 8.24. The van der Waals surface area contributed by atoms with Crippen molar-refractivity contribution in [2.24, 2.45) is 0 Å². The lowest BCUT2D eigenvalue weighted by molar-refractivity contribution is 0.00321. The van der Waals surface area contributed by atoms with Crippen LogP contribution in [-0.4, -0.2) is 115 Å². The predicted molar refractivity (Wildman–Crippen MR) is 149 cm³/mol. The SMILES string of the molecule is COC(CN1CCN(S(C)(=O)=O)CC1)CN1[C@@H]2CC[C@H]1CC(NC(=O)Oc1nn(C(C)C)c3ccccc13)C2. The average molecular weight is 563 g/mol. The Kier molecular flexibility index (Phi) is 8.48. The number of carbonyl (C=O) groups excluding carboxylic acids is 1. The van der Waals surface area contributed by atoms with Crippen LogP contribution in [-0.2, 0) is 14.8 Å². The monoisotopic (exact) mass is 562 g/mol. The molecule has 3 saturated heterocycles. The fourth-order valence-electron chi connectivity index (χ4n) is 6.48. The number of sulfonamides is 1. The van der Waals surface area contributed by atoms with E-state index < -0.39 is 16.1 Å². The summed E-state index contributed by atoms with van der Waals surface area (Å²) in [7, 11) is -1.37. The molecule has 11 nitrogen and oxygen atoms in total. The molecule has 0 radical (unpaired) electrons. The van der Waals surface area contributed by atoms with Gasteiger partial charge < -0.3 is 14.8 Å². The summed E-state index contributed by atoms with van der Waals surface area (Å²) in [5, 5.41) is 8.50. The fraction of sp³-hybridized carbons (Fsp3) is 0.704. The second-order valence-electron chi connectivity index (χ2n) is 11.5. The number of benzene rings is 1. The number of ether oxygens (including phenoxy) is 2. The number of para-hydroxylation sites is 1. The van der Waals surface area contributed by atoms with E-state index in [1.807, 2.05) is 28.9 Å². The highest BCUT2D eigenvalue weighted by molar-refractivity contribution is 7.88. The van der Waals surface area contributed by atoms with Gasteiger partial charge in [0.15, 0.2) is 0 Å². The number of nitrogens with zero attached hydrogens (tertiary/aromatic N) is 5. The van der Waals surface area contributed by atoms with Crippen LogP contribution in [0.25, 0.3) is 10.9 Å². The summed E-state index contributed by atoms with van der Waals surface area (Å²) >= 11 is 0. The Morgan fingerprint density at radius 2 is 1.74 bits per heavy atom. The molecular formula is C27H42N6O5S. The van der Waals surface area contributed by atoms with E-state index in [4.69, 9.17) is 9.47 Å². The highest BCUT2D eigenvalue weighted by Crippen LogP contribution is 2.36. The molecule has 1 aromatic heterocycles. The number of aromatic nitrogens is 2. The molecular weight excluding hydrogens is 520 g/mol. The Labute approximate surface area is 231 Å². The van der Waals surface area contributed by atoms with Gasteiger partial charge in [0.1, 0.15) is 0 Å². The molecule has 0 aliphatic carbocycles. The number of piperidine rings is 1. The van der Waals surface area contributed by atoms with Gasteiger partial charge in [-0.15, -0.1) is 5.10 Å². The van der Waals surface area contributed by atoms with Crippen LogP contribution in [0, 0.1) is 0 Å². The fourth-order valence-corrected chi connectivity index (χ4v) is 7.30. The molecule has 4 atom stereocenters. The Morgan fingerprint density at radius 1 is 1.08 bits per heavy atom. The molecule has 2 aromatic rings. The largest absolute Gasteiger partial charge is 0.414 e. The van der Waals surface area contributed by atoms with E-state index in [9.17, 15) is 13.2 Å². The van der Waals surface area contributed by atoms with Crippen LogP contribution < -0.4 is 10.1 Å². The van der Waals surface area contributed by atoms with Crippen LogP contribution in [0.5, 0.6) is 5.88 Å². The van der Waals surface area contributed by atoms with Crippen LogP contribution >= 0.6 is 0 Å². The molecule has 0 saturated carbocycles. The lowest BCUT2D eigenvalue weighted by Crippen LogP contribution is -2.55. The lowest BCUT2D eigenvalue weighted by atomic mass is 9.97. The maximum Gasteiger partial charge on any atom is 0.414 e. The van der Waals surface area contributed by atoms with Crippen molar-refractivity contribution in [3.05, 3.63) is 24.3 Å². The molecule has 1 amide bonds. The summed E-state index contributed by atoms with van der Waals surface area (Å²) in [5.41, 5.74) is 0.951. The lowest BCUT2D eigenvalue weighted by Gasteiger charge is -2.41. The normalized spacial score (nSPS) is 25.8. The van der Waals surface area contributed by atoms with Gasteiger partial charge in [0.25, 0.3) is 5.88 Å². The van der Waals surface area contributed by atoms with Crippen molar-refractivity contribution in [2.45, 2.75) is 69.8 Å². The molecule has 0 spiro atoms. The third kappa shape index (κ3) is 6.40.